The zero-order valence-corrected chi connectivity index (χ0v) is 2.18. The first kappa shape index (κ1) is 4.15. The first-order valence-electron chi connectivity index (χ1n) is 0.925. The molecule has 0 spiro atoms. The van der Waals surface area contributed by atoms with E-state index in [0.717, 1.165) is 0 Å². The number of rotatable bonds is 0. The van der Waals surface area contributed by atoms with Crippen molar-refractivity contribution < 1.29 is 5.02 Å². The predicted molar refractivity (Wildman–Crippen MR) is 19.5 cm³/mol. The van der Waals surface area contributed by atoms with Crippen LogP contribution in [0.25, 0.3) is 0 Å². The molecular weight excluding hydrogens is 48.4 g/mol. The van der Waals surface area contributed by atoms with Crippen molar-refractivity contribution in [2.75, 3.05) is 0 Å². The minimum absolute atomic E-state index is 1.17. The maximum absolute atomic E-state index is 7.61. The highest BCUT2D eigenvalue weighted by molar-refractivity contribution is 7.25. The second kappa shape index (κ2) is 1.47. The van der Waals surface area contributed by atoms with E-state index >= 15 is 0 Å². The molecule has 0 aromatic heterocycles. The van der Waals surface area contributed by atoms with Crippen molar-refractivity contribution >= 4 is 22.2 Å². The molecule has 0 saturated carbocycles. The van der Waals surface area contributed by atoms with Crippen LogP contribution in [-0.4, -0.2) is 27.2 Å². The third-order valence-electron chi connectivity index (χ3n) is 0. The normalized spacial score (nSPS) is 6.25. The topological polar surface area (TPSA) is 20.2 Å². The van der Waals surface area contributed by atoms with Crippen LogP contribution in [0.4, 0.5) is 0 Å². The van der Waals surface area contributed by atoms with E-state index in [1.807, 2.05) is 0 Å². The van der Waals surface area contributed by atoms with Crippen LogP contribution >= 0.6 is 0 Å². The van der Waals surface area contributed by atoms with Crippen molar-refractivity contribution in [2.45, 2.75) is 0 Å². The lowest BCUT2D eigenvalue weighted by molar-refractivity contribution is 0.614. The zero-order chi connectivity index (χ0) is 3.58. The molecule has 4 heavy (non-hydrogen) atoms. The Labute approximate surface area is 28.3 Å². The smallest absolute Gasteiger partial charge is 0.181 e. The van der Waals surface area contributed by atoms with E-state index in [9.17, 15) is 0 Å². The van der Waals surface area contributed by atoms with Crippen molar-refractivity contribution in [3.05, 3.63) is 0 Å². The van der Waals surface area contributed by atoms with Gasteiger partial charge in [-0.05, 0) is 0 Å². The van der Waals surface area contributed by atoms with Gasteiger partial charge in [-0.3, -0.25) is 0 Å². The highest BCUT2D eigenvalue weighted by Crippen LogP contribution is 1.37. The largest absolute Gasteiger partial charge is 0.470 e. The van der Waals surface area contributed by atoms with Crippen molar-refractivity contribution in [3.8, 4) is 0 Å². The first-order valence-corrected chi connectivity index (χ1v) is 0.925. The van der Waals surface area contributed by atoms with E-state index in [4.69, 9.17) is 5.02 Å². The van der Waals surface area contributed by atoms with Crippen LogP contribution in [0.3, 0.4) is 0 Å². The monoisotopic (exact) mass is 50.0 g/mol. The van der Waals surface area contributed by atoms with Crippen LogP contribution in [0, 0.1) is 0 Å². The second-order valence-corrected chi connectivity index (χ2v) is 0.491. The van der Waals surface area contributed by atoms with Crippen LogP contribution in [0.5, 0.6) is 0 Å². The van der Waals surface area contributed by atoms with E-state index in [2.05, 4.69) is 15.5 Å². The van der Waals surface area contributed by atoms with Gasteiger partial charge in [-0.25, -0.2) is 0 Å². The van der Waals surface area contributed by atoms with Crippen LogP contribution in [0.15, 0.2) is 0 Å². The van der Waals surface area contributed by atoms with E-state index in [1.54, 1.807) is 0 Å². The molecule has 0 amide bonds. The molecule has 0 heterocycles. The molecule has 0 bridgehead atoms. The maximum Gasteiger partial charge on any atom is 0.181 e. The van der Waals surface area contributed by atoms with Crippen LogP contribution in [0.1, 0.15) is 0 Å². The Bertz CT molecular complexity index is 8.00. The van der Waals surface area contributed by atoms with Crippen LogP contribution in [0.2, 0.25) is 0 Å². The molecule has 0 aliphatic heterocycles. The fourth-order valence-corrected chi connectivity index (χ4v) is 0. The maximum atomic E-state index is 7.61. The first-order chi connectivity index (χ1) is 1.73. The highest BCUT2D eigenvalue weighted by Gasteiger charge is 1.78. The Balaban J connectivity index is 2.32. The minimum Gasteiger partial charge on any atom is -0.470 e. The molecule has 0 aliphatic rings. The van der Waals surface area contributed by atoms with Gasteiger partial charge < -0.3 is 5.02 Å². The second-order valence-electron chi connectivity index (χ2n) is 0.491. The van der Waals surface area contributed by atoms with Gasteiger partial charge in [0.05, 0.1) is 15.5 Å². The average molecular weight is 49.4 g/mol. The molecule has 0 rings (SSSR count). The fraction of sp³-hybridized carbons (Fsp3) is 0. The van der Waals surface area contributed by atoms with Gasteiger partial charge in [0, 0.05) is 0 Å². The van der Waals surface area contributed by atoms with Gasteiger partial charge in [0.25, 0.3) is 0 Å². The van der Waals surface area contributed by atoms with E-state index in [0.29, 0.717) is 0 Å². The molecule has 1 nitrogen and oxygen atoms in total. The Morgan fingerprint density at radius 2 is 1.50 bits per heavy atom. The van der Waals surface area contributed by atoms with Crippen LogP contribution < -0.4 is 0 Å². The van der Waals surface area contributed by atoms with Gasteiger partial charge in [0.15, 0.2) is 6.70 Å². The third-order valence-corrected chi connectivity index (χ3v) is 0. The predicted octanol–water partition coefficient (Wildman–Crippen LogP) is -1.70. The quantitative estimate of drug-likeness (QED) is 0.324. The number of hydrogen-bond donors (Lipinski definition) is 1. The Hall–Kier alpha value is 0.155. The Morgan fingerprint density at radius 1 is 1.50 bits per heavy atom. The summed E-state index contributed by atoms with van der Waals surface area (Å²) in [6.07, 6.45) is 0. The lowest BCUT2D eigenvalue weighted by atomic mass is 9.32. The molecule has 0 unspecified atom stereocenters. The average Bonchev–Trinajstić information content (AvgIpc) is 0.811. The molecule has 16 valence electrons. The molecule has 0 fully saturated rings. The minimum atomic E-state index is -1.17. The van der Waals surface area contributed by atoms with Gasteiger partial charge in [-0.15, -0.1) is 0 Å². The summed E-state index contributed by atoms with van der Waals surface area (Å²) >= 11 is 0. The number of hydrogen-bond acceptors (Lipinski definition) is 1. The summed E-state index contributed by atoms with van der Waals surface area (Å²) in [5.74, 6) is 0. The van der Waals surface area contributed by atoms with Crippen molar-refractivity contribution in [2.24, 2.45) is 0 Å². The lowest BCUT2D eigenvalue weighted by Gasteiger charge is -1.73. The Morgan fingerprint density at radius 3 is 1.50 bits per heavy atom. The van der Waals surface area contributed by atoms with Crippen molar-refractivity contribution in [1.29, 1.82) is 0 Å². The van der Waals surface area contributed by atoms with Gasteiger partial charge in [-0.1, -0.05) is 0 Å². The Kier molecular flexibility index (Phi) is 1.53. The summed E-state index contributed by atoms with van der Waals surface area (Å²) in [6, 6.07) is 0. The summed E-state index contributed by atoms with van der Waals surface area (Å²) in [5, 5.41) is 7.61. The van der Waals surface area contributed by atoms with E-state index in [-0.39, 0.29) is 0 Å². The molecule has 1 N–H and O–H groups in total. The van der Waals surface area contributed by atoms with Gasteiger partial charge >= 0.3 is 0 Å². The third kappa shape index (κ3) is 120. The van der Waals surface area contributed by atoms with Crippen molar-refractivity contribution in [3.63, 3.8) is 0 Å². The van der Waals surface area contributed by atoms with E-state index in [1.165, 1.54) is 0 Å². The summed E-state index contributed by atoms with van der Waals surface area (Å²) in [6.45, 7) is -1.17. The molecule has 0 saturated heterocycles. The van der Waals surface area contributed by atoms with Gasteiger partial charge in [0.2, 0.25) is 0 Å². The molecular formula is HB3O. The molecule has 0 aromatic rings. The van der Waals surface area contributed by atoms with Crippen LogP contribution in [-0.2, 0) is 0 Å². The highest BCUT2D eigenvalue weighted by atomic mass is 16.2. The van der Waals surface area contributed by atoms with Gasteiger partial charge in [0.1, 0.15) is 0 Å². The molecule has 0 atom stereocenters. The molecule has 4 radical (unpaired) electrons. The summed E-state index contributed by atoms with van der Waals surface area (Å²) in [7, 11) is 8.89. The molecule has 4 heteroatoms. The van der Waals surface area contributed by atoms with Gasteiger partial charge in [-0.2, -0.15) is 0 Å². The van der Waals surface area contributed by atoms with Crippen molar-refractivity contribution in [1.82, 2.24) is 0 Å². The molecule has 0 aliphatic carbocycles. The summed E-state index contributed by atoms with van der Waals surface area (Å²) in [5.41, 5.74) is 0. The summed E-state index contributed by atoms with van der Waals surface area (Å²) < 4.78 is 0. The van der Waals surface area contributed by atoms with E-state index < -0.39 is 6.70 Å². The zero-order valence-electron chi connectivity index (χ0n) is 2.18. The summed E-state index contributed by atoms with van der Waals surface area (Å²) in [4.78, 5) is 0. The fourth-order valence-electron chi connectivity index (χ4n) is 0. The lowest BCUT2D eigenvalue weighted by Crippen LogP contribution is -2.10. The SMILES string of the molecule is [B]B([B])O. The standard InChI is InChI=1S/B3HO/c1-3(2)4/h4H. The molecule has 0 aromatic carbocycles.